The van der Waals surface area contributed by atoms with Crippen LogP contribution < -0.4 is 20.1 Å². The van der Waals surface area contributed by atoms with Crippen molar-refractivity contribution in [2.75, 3.05) is 14.2 Å². The molecule has 0 aliphatic rings. The quantitative estimate of drug-likeness (QED) is 0.879. The highest BCUT2D eigenvalue weighted by atomic mass is 16.5. The van der Waals surface area contributed by atoms with Crippen LogP contribution in [0.3, 0.4) is 0 Å². The first-order valence-electron chi connectivity index (χ1n) is 6.12. The van der Waals surface area contributed by atoms with Gasteiger partial charge in [-0.15, -0.1) is 0 Å². The maximum atomic E-state index is 11.7. The lowest BCUT2D eigenvalue weighted by Crippen LogP contribution is -2.46. The summed E-state index contributed by atoms with van der Waals surface area (Å²) in [6.45, 7) is 6.17. The lowest BCUT2D eigenvalue weighted by Gasteiger charge is -2.21. The zero-order chi connectivity index (χ0) is 14.5. The third kappa shape index (κ3) is 5.07. The molecule has 0 bridgehead atoms. The summed E-state index contributed by atoms with van der Waals surface area (Å²) in [6.07, 6.45) is 0. The molecule has 0 unspecified atom stereocenters. The Morgan fingerprint density at radius 2 is 1.89 bits per heavy atom. The van der Waals surface area contributed by atoms with Crippen LogP contribution in [0.1, 0.15) is 26.3 Å². The number of methoxy groups -OCH3 is 2. The standard InChI is InChI=1S/C14H22N2O3/c1-14(2,3)16-13(17)15-9-10-8-11(18-4)6-7-12(10)19-5/h6-8H,9H2,1-5H3,(H2,15,16,17). The van der Waals surface area contributed by atoms with E-state index in [-0.39, 0.29) is 11.6 Å². The van der Waals surface area contributed by atoms with Gasteiger partial charge >= 0.3 is 6.03 Å². The molecule has 0 aromatic heterocycles. The number of urea groups is 1. The smallest absolute Gasteiger partial charge is 0.315 e. The fourth-order valence-corrected chi connectivity index (χ4v) is 1.58. The Hall–Kier alpha value is -1.91. The van der Waals surface area contributed by atoms with Gasteiger partial charge in [-0.25, -0.2) is 4.79 Å². The van der Waals surface area contributed by atoms with Crippen molar-refractivity contribution >= 4 is 6.03 Å². The Balaban J connectivity index is 2.68. The van der Waals surface area contributed by atoms with Crippen LogP contribution in [0.4, 0.5) is 4.79 Å². The maximum absolute atomic E-state index is 11.7. The zero-order valence-corrected chi connectivity index (χ0v) is 12.2. The van der Waals surface area contributed by atoms with Crippen molar-refractivity contribution in [2.45, 2.75) is 32.9 Å². The summed E-state index contributed by atoms with van der Waals surface area (Å²) in [7, 11) is 3.20. The number of carbonyl (C=O) groups is 1. The van der Waals surface area contributed by atoms with Crippen LogP contribution in [0.15, 0.2) is 18.2 Å². The van der Waals surface area contributed by atoms with Gasteiger partial charge in [0.1, 0.15) is 11.5 Å². The minimum absolute atomic E-state index is 0.211. The van der Waals surface area contributed by atoms with Crippen molar-refractivity contribution < 1.29 is 14.3 Å². The Morgan fingerprint density at radius 3 is 2.42 bits per heavy atom. The Kier molecular flexibility index (Phi) is 5.03. The summed E-state index contributed by atoms with van der Waals surface area (Å²) < 4.78 is 10.4. The molecule has 0 aliphatic carbocycles. The molecule has 0 heterocycles. The molecule has 5 nitrogen and oxygen atoms in total. The van der Waals surface area contributed by atoms with Crippen molar-refractivity contribution in [1.29, 1.82) is 0 Å². The van der Waals surface area contributed by atoms with Crippen molar-refractivity contribution in [3.63, 3.8) is 0 Å². The van der Waals surface area contributed by atoms with E-state index in [1.807, 2.05) is 39.0 Å². The number of ether oxygens (including phenoxy) is 2. The van der Waals surface area contributed by atoms with E-state index in [4.69, 9.17) is 9.47 Å². The summed E-state index contributed by atoms with van der Waals surface area (Å²) in [5.41, 5.74) is 0.605. The largest absolute Gasteiger partial charge is 0.497 e. The number of amides is 2. The van der Waals surface area contributed by atoms with E-state index in [9.17, 15) is 4.79 Å². The average Bonchev–Trinajstić information content (AvgIpc) is 2.33. The van der Waals surface area contributed by atoms with Crippen LogP contribution in [0.25, 0.3) is 0 Å². The van der Waals surface area contributed by atoms with Crippen LogP contribution in [-0.4, -0.2) is 25.8 Å². The summed E-state index contributed by atoms with van der Waals surface area (Å²) in [5.74, 6) is 1.45. The van der Waals surface area contributed by atoms with Gasteiger partial charge in [-0.05, 0) is 39.0 Å². The van der Waals surface area contributed by atoms with Crippen LogP contribution in [0, 0.1) is 0 Å². The topological polar surface area (TPSA) is 59.6 Å². The van der Waals surface area contributed by atoms with Gasteiger partial charge in [0, 0.05) is 17.6 Å². The predicted octanol–water partition coefficient (Wildman–Crippen LogP) is 2.30. The van der Waals surface area contributed by atoms with Crippen molar-refractivity contribution in [3.8, 4) is 11.5 Å². The molecule has 0 spiro atoms. The molecule has 0 aliphatic heterocycles. The molecule has 1 rings (SSSR count). The third-order valence-corrected chi connectivity index (χ3v) is 2.42. The molecular formula is C14H22N2O3. The summed E-state index contributed by atoms with van der Waals surface area (Å²) in [5, 5.41) is 5.63. The SMILES string of the molecule is COc1ccc(OC)c(CNC(=O)NC(C)(C)C)c1. The molecular weight excluding hydrogens is 244 g/mol. The van der Waals surface area contributed by atoms with Gasteiger partial charge in [0.25, 0.3) is 0 Å². The minimum Gasteiger partial charge on any atom is -0.497 e. The number of nitrogens with one attached hydrogen (secondary N) is 2. The molecule has 1 aromatic carbocycles. The monoisotopic (exact) mass is 266 g/mol. The molecule has 0 saturated heterocycles. The number of rotatable bonds is 4. The Bertz CT molecular complexity index is 439. The van der Waals surface area contributed by atoms with Gasteiger partial charge < -0.3 is 20.1 Å². The lowest BCUT2D eigenvalue weighted by molar-refractivity contribution is 0.231. The van der Waals surface area contributed by atoms with E-state index in [1.165, 1.54) is 0 Å². The first-order chi connectivity index (χ1) is 8.85. The second-order valence-electron chi connectivity index (χ2n) is 5.24. The fourth-order valence-electron chi connectivity index (χ4n) is 1.58. The van der Waals surface area contributed by atoms with Crippen molar-refractivity contribution in [1.82, 2.24) is 10.6 Å². The van der Waals surface area contributed by atoms with Gasteiger partial charge in [-0.2, -0.15) is 0 Å². The highest BCUT2D eigenvalue weighted by Gasteiger charge is 2.14. The zero-order valence-electron chi connectivity index (χ0n) is 12.2. The molecule has 2 amide bonds. The van der Waals surface area contributed by atoms with Gasteiger partial charge in [-0.3, -0.25) is 0 Å². The number of benzene rings is 1. The molecule has 1 aromatic rings. The average molecular weight is 266 g/mol. The van der Waals surface area contributed by atoms with E-state index in [0.29, 0.717) is 6.54 Å². The predicted molar refractivity (Wildman–Crippen MR) is 74.7 cm³/mol. The van der Waals surface area contributed by atoms with Gasteiger partial charge in [-0.1, -0.05) is 0 Å². The summed E-state index contributed by atoms with van der Waals surface area (Å²) in [4.78, 5) is 11.7. The molecule has 0 radical (unpaired) electrons. The Labute approximate surface area is 114 Å². The lowest BCUT2D eigenvalue weighted by atomic mass is 10.1. The first kappa shape index (κ1) is 15.1. The first-order valence-corrected chi connectivity index (χ1v) is 6.12. The molecule has 19 heavy (non-hydrogen) atoms. The van der Waals surface area contributed by atoms with Crippen molar-refractivity contribution in [2.24, 2.45) is 0 Å². The van der Waals surface area contributed by atoms with Crippen LogP contribution in [0.2, 0.25) is 0 Å². The highest BCUT2D eigenvalue weighted by Crippen LogP contribution is 2.23. The van der Waals surface area contributed by atoms with Gasteiger partial charge in [0.2, 0.25) is 0 Å². The molecule has 2 N–H and O–H groups in total. The van der Waals surface area contributed by atoms with Crippen LogP contribution in [-0.2, 0) is 6.54 Å². The number of hydrogen-bond acceptors (Lipinski definition) is 3. The van der Waals surface area contributed by atoms with E-state index in [2.05, 4.69) is 10.6 Å². The number of carbonyl (C=O) groups excluding carboxylic acids is 1. The molecule has 0 fully saturated rings. The second-order valence-corrected chi connectivity index (χ2v) is 5.24. The fraction of sp³-hybridized carbons (Fsp3) is 0.500. The van der Waals surface area contributed by atoms with E-state index < -0.39 is 0 Å². The van der Waals surface area contributed by atoms with Crippen LogP contribution in [0.5, 0.6) is 11.5 Å². The van der Waals surface area contributed by atoms with Crippen molar-refractivity contribution in [3.05, 3.63) is 23.8 Å². The van der Waals surface area contributed by atoms with E-state index in [0.717, 1.165) is 17.1 Å². The van der Waals surface area contributed by atoms with Gasteiger partial charge in [0.05, 0.1) is 14.2 Å². The molecule has 5 heteroatoms. The molecule has 106 valence electrons. The van der Waals surface area contributed by atoms with E-state index in [1.54, 1.807) is 14.2 Å². The third-order valence-electron chi connectivity index (χ3n) is 2.42. The molecule has 0 atom stereocenters. The maximum Gasteiger partial charge on any atom is 0.315 e. The van der Waals surface area contributed by atoms with Gasteiger partial charge in [0.15, 0.2) is 0 Å². The molecule has 0 saturated carbocycles. The minimum atomic E-state index is -0.261. The normalized spacial score (nSPS) is 10.8. The number of hydrogen-bond donors (Lipinski definition) is 2. The highest BCUT2D eigenvalue weighted by molar-refractivity contribution is 5.74. The second kappa shape index (κ2) is 6.31. The summed E-state index contributed by atoms with van der Waals surface area (Å²) in [6, 6.07) is 5.27. The van der Waals surface area contributed by atoms with Crippen LogP contribution >= 0.6 is 0 Å². The van der Waals surface area contributed by atoms with E-state index >= 15 is 0 Å². The Morgan fingerprint density at radius 1 is 1.21 bits per heavy atom. The summed E-state index contributed by atoms with van der Waals surface area (Å²) >= 11 is 0.